The normalized spacial score (nSPS) is 18.6. The predicted molar refractivity (Wildman–Crippen MR) is 37.1 cm³/mol. The minimum Gasteiger partial charge on any atom is -0.423 e. The van der Waals surface area contributed by atoms with Gasteiger partial charge in [0.1, 0.15) is 0 Å². The van der Waals surface area contributed by atoms with E-state index in [1.54, 1.807) is 0 Å². The summed E-state index contributed by atoms with van der Waals surface area (Å²) in [6, 6.07) is 0. The first-order valence-corrected chi connectivity index (χ1v) is 3.29. The van der Waals surface area contributed by atoms with Gasteiger partial charge in [0.15, 0.2) is 5.78 Å². The molecule has 2 N–H and O–H groups in total. The molecule has 0 amide bonds. The second-order valence-corrected chi connectivity index (χ2v) is 2.41. The van der Waals surface area contributed by atoms with Gasteiger partial charge in [-0.2, -0.15) is 0 Å². The molecule has 1 rings (SSSR count). The van der Waals surface area contributed by atoms with Gasteiger partial charge in [0, 0.05) is 6.42 Å². The van der Waals surface area contributed by atoms with Gasteiger partial charge in [-0.25, -0.2) is 0 Å². The van der Waals surface area contributed by atoms with Gasteiger partial charge >= 0.3 is 7.12 Å². The fraction of sp³-hybridized carbons (Fsp3) is 0.500. The Kier molecular flexibility index (Phi) is 2.24. The predicted octanol–water partition coefficient (Wildman–Crippen LogP) is -0.322. The molecule has 0 bridgehead atoms. The standard InChI is InChI=1S/C6H9BO3/c8-6-3-1-2-5(4-6)7(9)10/h4,9-10H,1-3H2. The molecule has 0 aromatic rings. The smallest absolute Gasteiger partial charge is 0.423 e. The molecule has 0 aromatic carbocycles. The van der Waals surface area contributed by atoms with Crippen molar-refractivity contribution in [2.45, 2.75) is 19.3 Å². The van der Waals surface area contributed by atoms with Crippen molar-refractivity contribution in [1.82, 2.24) is 0 Å². The van der Waals surface area contributed by atoms with Gasteiger partial charge in [-0.15, -0.1) is 0 Å². The average molecular weight is 140 g/mol. The number of allylic oxidation sites excluding steroid dienone is 2. The second-order valence-electron chi connectivity index (χ2n) is 2.41. The van der Waals surface area contributed by atoms with Crippen molar-refractivity contribution in [2.24, 2.45) is 0 Å². The first kappa shape index (κ1) is 7.50. The molecule has 0 saturated carbocycles. The Morgan fingerprint density at radius 1 is 1.40 bits per heavy atom. The van der Waals surface area contributed by atoms with Crippen LogP contribution in [0.2, 0.25) is 0 Å². The fourth-order valence-electron chi connectivity index (χ4n) is 1.02. The van der Waals surface area contributed by atoms with Crippen molar-refractivity contribution in [1.29, 1.82) is 0 Å². The molecule has 0 radical (unpaired) electrons. The molecule has 0 unspecified atom stereocenters. The Morgan fingerprint density at radius 3 is 2.50 bits per heavy atom. The third kappa shape index (κ3) is 1.69. The van der Waals surface area contributed by atoms with E-state index in [-0.39, 0.29) is 5.78 Å². The molecular weight excluding hydrogens is 131 g/mol. The molecule has 0 heterocycles. The van der Waals surface area contributed by atoms with Gasteiger partial charge < -0.3 is 10.0 Å². The quantitative estimate of drug-likeness (QED) is 0.490. The lowest BCUT2D eigenvalue weighted by Gasteiger charge is -2.09. The first-order valence-electron chi connectivity index (χ1n) is 3.29. The SMILES string of the molecule is O=C1C=C(B(O)O)CCC1. The summed E-state index contributed by atoms with van der Waals surface area (Å²) >= 11 is 0. The number of carbonyl (C=O) groups is 1. The van der Waals surface area contributed by atoms with E-state index >= 15 is 0 Å². The van der Waals surface area contributed by atoms with Crippen LogP contribution in [0.3, 0.4) is 0 Å². The third-order valence-electron chi connectivity index (χ3n) is 1.57. The number of rotatable bonds is 1. The van der Waals surface area contributed by atoms with Crippen LogP contribution in [-0.4, -0.2) is 22.9 Å². The van der Waals surface area contributed by atoms with E-state index in [1.165, 1.54) is 6.08 Å². The second kappa shape index (κ2) is 2.99. The topological polar surface area (TPSA) is 57.5 Å². The molecule has 1 aliphatic carbocycles. The molecule has 0 aliphatic heterocycles. The average Bonchev–Trinajstić information content (AvgIpc) is 1.88. The summed E-state index contributed by atoms with van der Waals surface area (Å²) < 4.78 is 0. The van der Waals surface area contributed by atoms with Crippen LogP contribution in [-0.2, 0) is 4.79 Å². The lowest BCUT2D eigenvalue weighted by atomic mass is 9.73. The van der Waals surface area contributed by atoms with E-state index in [1.807, 2.05) is 0 Å². The van der Waals surface area contributed by atoms with Gasteiger partial charge in [-0.1, -0.05) is 0 Å². The minimum atomic E-state index is -1.44. The number of hydrogen-bond acceptors (Lipinski definition) is 3. The maximum Gasteiger partial charge on any atom is 0.484 e. The Labute approximate surface area is 59.5 Å². The highest BCUT2D eigenvalue weighted by Crippen LogP contribution is 2.15. The lowest BCUT2D eigenvalue weighted by molar-refractivity contribution is -0.115. The monoisotopic (exact) mass is 140 g/mol. The highest BCUT2D eigenvalue weighted by molar-refractivity contribution is 6.51. The molecule has 0 saturated heterocycles. The minimum absolute atomic E-state index is 0.00523. The summed E-state index contributed by atoms with van der Waals surface area (Å²) in [5.74, 6) is -0.00523. The van der Waals surface area contributed by atoms with Crippen molar-refractivity contribution in [3.63, 3.8) is 0 Å². The van der Waals surface area contributed by atoms with Crippen molar-refractivity contribution >= 4 is 12.9 Å². The van der Waals surface area contributed by atoms with E-state index in [0.717, 1.165) is 6.42 Å². The van der Waals surface area contributed by atoms with Crippen LogP contribution < -0.4 is 0 Å². The van der Waals surface area contributed by atoms with Gasteiger partial charge in [0.25, 0.3) is 0 Å². The van der Waals surface area contributed by atoms with E-state index < -0.39 is 7.12 Å². The van der Waals surface area contributed by atoms with Crippen LogP contribution >= 0.6 is 0 Å². The van der Waals surface area contributed by atoms with Gasteiger partial charge in [-0.3, -0.25) is 4.79 Å². The Hall–Kier alpha value is -0.605. The van der Waals surface area contributed by atoms with Crippen LogP contribution in [0.1, 0.15) is 19.3 Å². The molecule has 3 nitrogen and oxygen atoms in total. The Balaban J connectivity index is 2.66. The highest BCUT2D eigenvalue weighted by Gasteiger charge is 2.19. The number of hydrogen-bond donors (Lipinski definition) is 2. The first-order chi connectivity index (χ1) is 4.70. The van der Waals surface area contributed by atoms with Crippen LogP contribution in [0.5, 0.6) is 0 Å². The summed E-state index contributed by atoms with van der Waals surface area (Å²) in [7, 11) is -1.44. The van der Waals surface area contributed by atoms with Gasteiger partial charge in [0.2, 0.25) is 0 Å². The van der Waals surface area contributed by atoms with Gasteiger partial charge in [-0.05, 0) is 24.4 Å². The van der Waals surface area contributed by atoms with Crippen molar-refractivity contribution < 1.29 is 14.8 Å². The van der Waals surface area contributed by atoms with Crippen molar-refractivity contribution in [2.75, 3.05) is 0 Å². The largest absolute Gasteiger partial charge is 0.484 e. The van der Waals surface area contributed by atoms with Crippen molar-refractivity contribution in [3.05, 3.63) is 11.5 Å². The molecular formula is C6H9BO3. The molecule has 4 heteroatoms. The number of carbonyl (C=O) groups excluding carboxylic acids is 1. The lowest BCUT2D eigenvalue weighted by Crippen LogP contribution is -2.19. The number of ketones is 1. The van der Waals surface area contributed by atoms with E-state index in [2.05, 4.69) is 0 Å². The summed E-state index contributed by atoms with van der Waals surface area (Å²) in [5.41, 5.74) is 0.441. The summed E-state index contributed by atoms with van der Waals surface area (Å²) in [6.45, 7) is 0. The van der Waals surface area contributed by atoms with Gasteiger partial charge in [0.05, 0.1) is 0 Å². The molecule has 0 fully saturated rings. The molecule has 0 spiro atoms. The zero-order valence-corrected chi connectivity index (χ0v) is 5.58. The van der Waals surface area contributed by atoms with Crippen LogP contribution in [0.15, 0.2) is 11.5 Å². The van der Waals surface area contributed by atoms with Crippen LogP contribution in [0.4, 0.5) is 0 Å². The summed E-state index contributed by atoms with van der Waals surface area (Å²) in [4.78, 5) is 10.7. The molecule has 0 atom stereocenters. The third-order valence-corrected chi connectivity index (χ3v) is 1.57. The maximum atomic E-state index is 10.7. The van der Waals surface area contributed by atoms with E-state index in [9.17, 15) is 4.79 Å². The zero-order valence-electron chi connectivity index (χ0n) is 5.58. The highest BCUT2D eigenvalue weighted by atomic mass is 16.4. The Morgan fingerprint density at radius 2 is 2.10 bits per heavy atom. The van der Waals surface area contributed by atoms with E-state index in [0.29, 0.717) is 18.3 Å². The summed E-state index contributed by atoms with van der Waals surface area (Å²) in [5, 5.41) is 17.3. The maximum absolute atomic E-state index is 10.7. The fourth-order valence-corrected chi connectivity index (χ4v) is 1.02. The van der Waals surface area contributed by atoms with Crippen LogP contribution in [0, 0.1) is 0 Å². The zero-order chi connectivity index (χ0) is 7.56. The van der Waals surface area contributed by atoms with E-state index in [4.69, 9.17) is 10.0 Å². The molecule has 0 aromatic heterocycles. The molecule has 1 aliphatic rings. The van der Waals surface area contributed by atoms with Crippen molar-refractivity contribution in [3.8, 4) is 0 Å². The molecule has 54 valence electrons. The Bertz CT molecular complexity index is 174. The molecule has 10 heavy (non-hydrogen) atoms. The summed E-state index contributed by atoms with van der Waals surface area (Å²) in [6.07, 6.45) is 3.23. The van der Waals surface area contributed by atoms with Crippen LogP contribution in [0.25, 0.3) is 0 Å².